The number of carbonyl (C=O) groups excluding carboxylic acids is 3. The third kappa shape index (κ3) is 11.0. The number of unbranched alkanes of at least 4 members (excludes halogenated alkanes) is 1. The zero-order chi connectivity index (χ0) is 33.5. The van der Waals surface area contributed by atoms with E-state index in [1.807, 2.05) is 60.7 Å². The van der Waals surface area contributed by atoms with Gasteiger partial charge in [-0.3, -0.25) is 4.79 Å². The number of nitrogens with two attached hydrogens (primary N) is 1. The number of morpholine rings is 1. The predicted molar refractivity (Wildman–Crippen MR) is 178 cm³/mol. The first-order valence-corrected chi connectivity index (χ1v) is 17.1. The number of sulfone groups is 1. The number of ketones is 1. The quantitative estimate of drug-likeness (QED) is 0.205. The molecular weight excluding hydrogens is 620 g/mol. The zero-order valence-corrected chi connectivity index (χ0v) is 27.1. The van der Waals surface area contributed by atoms with Crippen LogP contribution in [0, 0.1) is 5.92 Å². The van der Waals surface area contributed by atoms with E-state index in [-0.39, 0.29) is 36.7 Å². The summed E-state index contributed by atoms with van der Waals surface area (Å²) in [7, 11) is -4.06. The second kappa shape index (κ2) is 17.9. The number of nitrogens with one attached hydrogen (secondary N) is 2. The third-order valence-corrected chi connectivity index (χ3v) is 9.39. The van der Waals surface area contributed by atoms with E-state index >= 15 is 0 Å². The Hall–Kier alpha value is -4.68. The van der Waals surface area contributed by atoms with Crippen LogP contribution >= 0.6 is 0 Å². The molecule has 3 aromatic rings. The van der Waals surface area contributed by atoms with Crippen LogP contribution in [0.1, 0.15) is 30.4 Å². The van der Waals surface area contributed by atoms with Crippen molar-refractivity contribution >= 4 is 27.7 Å². The van der Waals surface area contributed by atoms with Gasteiger partial charge in [-0.2, -0.15) is 0 Å². The van der Waals surface area contributed by atoms with E-state index in [0.717, 1.165) is 11.1 Å². The van der Waals surface area contributed by atoms with Crippen LogP contribution in [-0.4, -0.2) is 70.1 Å². The number of urea groups is 1. The topological polar surface area (TPSA) is 157 Å². The summed E-state index contributed by atoms with van der Waals surface area (Å²) in [5, 5.41) is 5.16. The van der Waals surface area contributed by atoms with Crippen LogP contribution in [0.3, 0.4) is 0 Å². The zero-order valence-electron chi connectivity index (χ0n) is 26.3. The Balaban J connectivity index is 1.48. The highest BCUT2D eigenvalue weighted by atomic mass is 32.2. The molecule has 4 N–H and O–H groups in total. The van der Waals surface area contributed by atoms with Crippen LogP contribution in [0.2, 0.25) is 0 Å². The molecule has 0 spiro atoms. The van der Waals surface area contributed by atoms with Crippen molar-refractivity contribution in [3.63, 3.8) is 0 Å². The predicted octanol–water partition coefficient (Wildman–Crippen LogP) is 4.20. The molecule has 11 nitrogen and oxygen atoms in total. The van der Waals surface area contributed by atoms with Gasteiger partial charge in [-0.15, -0.1) is 0 Å². The van der Waals surface area contributed by atoms with Crippen molar-refractivity contribution < 1.29 is 32.3 Å². The fourth-order valence-corrected chi connectivity index (χ4v) is 6.25. The lowest BCUT2D eigenvalue weighted by Crippen LogP contribution is -2.52. The molecule has 1 heterocycles. The van der Waals surface area contributed by atoms with Crippen LogP contribution < -0.4 is 16.4 Å². The molecule has 0 saturated carbocycles. The van der Waals surface area contributed by atoms with E-state index in [2.05, 4.69) is 10.6 Å². The number of alkyl carbamates (subject to hydrolysis) is 1. The van der Waals surface area contributed by atoms with Gasteiger partial charge in [0.05, 0.1) is 24.2 Å². The van der Waals surface area contributed by atoms with Crippen LogP contribution in [0.25, 0.3) is 0 Å². The number of nitrogens with zero attached hydrogens (tertiary/aromatic N) is 1. The maximum Gasteiger partial charge on any atom is 0.407 e. The number of amides is 3. The van der Waals surface area contributed by atoms with Crippen LogP contribution in [0.4, 0.5) is 9.59 Å². The van der Waals surface area contributed by atoms with E-state index < -0.39 is 39.0 Å². The van der Waals surface area contributed by atoms with Crippen molar-refractivity contribution in [3.05, 3.63) is 113 Å². The highest BCUT2D eigenvalue weighted by Gasteiger charge is 2.31. The minimum absolute atomic E-state index is 0.0135. The Bertz CT molecular complexity index is 1580. The molecule has 1 saturated heterocycles. The average molecular weight is 663 g/mol. The lowest BCUT2D eigenvalue weighted by atomic mass is 9.89. The largest absolute Gasteiger partial charge is 0.445 e. The van der Waals surface area contributed by atoms with Crippen molar-refractivity contribution in [1.29, 1.82) is 0 Å². The summed E-state index contributed by atoms with van der Waals surface area (Å²) in [5.74, 6) is -1.30. The SMILES string of the molecule is NC(=CC(CCCCNC(=O)OCc1ccccc1)C(=O)C(Cc1ccccc1)NC(=O)N1CCOCC1)S(=O)(=O)c1ccccc1. The maximum absolute atomic E-state index is 14.2. The number of hydrogen-bond donors (Lipinski definition) is 3. The lowest BCUT2D eigenvalue weighted by Gasteiger charge is -2.30. The van der Waals surface area contributed by atoms with E-state index in [1.54, 1.807) is 23.1 Å². The van der Waals surface area contributed by atoms with Gasteiger partial charge in [0.1, 0.15) is 11.6 Å². The fourth-order valence-electron chi connectivity index (χ4n) is 5.12. The first kappa shape index (κ1) is 35.2. The van der Waals surface area contributed by atoms with Crippen LogP contribution in [-0.2, 0) is 37.1 Å². The summed E-state index contributed by atoms with van der Waals surface area (Å²) < 4.78 is 37.2. The second-order valence-corrected chi connectivity index (χ2v) is 13.1. The number of Topliss-reactive ketones (excluding diaryl/α,β-unsaturated/α-hetero) is 1. The Morgan fingerprint density at radius 1 is 0.872 bits per heavy atom. The highest BCUT2D eigenvalue weighted by Crippen LogP contribution is 2.22. The summed E-state index contributed by atoms with van der Waals surface area (Å²) in [6, 6.07) is 25.0. The number of carbonyl (C=O) groups is 3. The normalized spacial score (nSPS) is 14.9. The first-order chi connectivity index (χ1) is 22.7. The molecule has 1 fully saturated rings. The monoisotopic (exact) mass is 662 g/mol. The summed E-state index contributed by atoms with van der Waals surface area (Å²) in [6.07, 6.45) is 2.12. The van der Waals surface area contributed by atoms with Gasteiger partial charge in [0.25, 0.3) is 0 Å². The van der Waals surface area contributed by atoms with Gasteiger partial charge < -0.3 is 30.7 Å². The average Bonchev–Trinajstić information content (AvgIpc) is 3.11. The number of allylic oxidation sites excluding steroid dienone is 1. The second-order valence-electron chi connectivity index (χ2n) is 11.2. The molecule has 3 aromatic carbocycles. The van der Waals surface area contributed by atoms with Crippen molar-refractivity contribution in [3.8, 4) is 0 Å². The summed E-state index contributed by atoms with van der Waals surface area (Å²) in [4.78, 5) is 41.2. The molecule has 4 rings (SSSR count). The molecule has 12 heteroatoms. The molecular formula is C35H42N4O7S. The van der Waals surface area contributed by atoms with E-state index in [0.29, 0.717) is 39.1 Å². The summed E-state index contributed by atoms with van der Waals surface area (Å²) in [5.41, 5.74) is 7.88. The van der Waals surface area contributed by atoms with Crippen molar-refractivity contribution in [1.82, 2.24) is 15.5 Å². The molecule has 2 unspecified atom stereocenters. The molecule has 250 valence electrons. The lowest BCUT2D eigenvalue weighted by molar-refractivity contribution is -0.123. The van der Waals surface area contributed by atoms with Crippen molar-refractivity contribution in [2.45, 2.75) is 43.2 Å². The van der Waals surface area contributed by atoms with Gasteiger partial charge in [0.2, 0.25) is 9.84 Å². The summed E-state index contributed by atoms with van der Waals surface area (Å²) >= 11 is 0. The van der Waals surface area contributed by atoms with Crippen LogP contribution in [0.15, 0.2) is 107 Å². The van der Waals surface area contributed by atoms with Crippen molar-refractivity contribution in [2.75, 3.05) is 32.8 Å². The molecule has 3 amide bonds. The molecule has 1 aliphatic heterocycles. The van der Waals surface area contributed by atoms with E-state index in [1.165, 1.54) is 18.2 Å². The Morgan fingerprint density at radius 2 is 1.47 bits per heavy atom. The van der Waals surface area contributed by atoms with Gasteiger partial charge in [-0.05, 0) is 48.6 Å². The molecule has 0 aromatic heterocycles. The molecule has 0 aliphatic carbocycles. The Labute approximate surface area is 276 Å². The Morgan fingerprint density at radius 3 is 2.11 bits per heavy atom. The van der Waals surface area contributed by atoms with Gasteiger partial charge in [0, 0.05) is 25.6 Å². The Kier molecular flexibility index (Phi) is 13.4. The summed E-state index contributed by atoms with van der Waals surface area (Å²) in [6.45, 7) is 2.02. The van der Waals surface area contributed by atoms with Gasteiger partial charge in [-0.25, -0.2) is 18.0 Å². The number of ether oxygens (including phenoxy) is 2. The van der Waals surface area contributed by atoms with E-state index in [9.17, 15) is 22.8 Å². The first-order valence-electron chi connectivity index (χ1n) is 15.7. The highest BCUT2D eigenvalue weighted by molar-refractivity contribution is 7.95. The van der Waals surface area contributed by atoms with Gasteiger partial charge in [-0.1, -0.05) is 85.3 Å². The number of rotatable bonds is 15. The maximum atomic E-state index is 14.2. The number of benzene rings is 3. The van der Waals surface area contributed by atoms with Crippen LogP contribution in [0.5, 0.6) is 0 Å². The molecule has 47 heavy (non-hydrogen) atoms. The minimum atomic E-state index is -4.06. The third-order valence-electron chi connectivity index (χ3n) is 7.74. The fraction of sp³-hybridized carbons (Fsp3) is 0.343. The molecule has 1 aliphatic rings. The molecule has 0 bridgehead atoms. The standard InChI is InChI=1S/C35H42N4O7S/c36-32(47(43,44)30-17-8-3-9-18-30)25-29(16-10-11-19-37-35(42)46-26-28-14-6-2-7-15-28)33(40)31(24-27-12-4-1-5-13-27)38-34(41)39-20-22-45-23-21-39/h1-9,12-15,17-18,25,29,31H,10-11,16,19-24,26,36H2,(H,37,42)(H,38,41). The number of hydrogen-bond acceptors (Lipinski definition) is 8. The molecule has 0 radical (unpaired) electrons. The van der Waals surface area contributed by atoms with E-state index in [4.69, 9.17) is 15.2 Å². The van der Waals surface area contributed by atoms with Gasteiger partial charge >= 0.3 is 12.1 Å². The minimum Gasteiger partial charge on any atom is -0.445 e. The molecule has 2 atom stereocenters. The smallest absolute Gasteiger partial charge is 0.407 e. The van der Waals surface area contributed by atoms with Crippen molar-refractivity contribution in [2.24, 2.45) is 11.7 Å². The van der Waals surface area contributed by atoms with Gasteiger partial charge in [0.15, 0.2) is 5.78 Å².